The van der Waals surface area contributed by atoms with Gasteiger partial charge in [0.25, 0.3) is 0 Å². The maximum absolute atomic E-state index is 5.88. The van der Waals surface area contributed by atoms with Gasteiger partial charge in [0.1, 0.15) is 0 Å². The van der Waals surface area contributed by atoms with Crippen LogP contribution in [0.15, 0.2) is 0 Å². The van der Waals surface area contributed by atoms with Crippen LogP contribution >= 0.6 is 0 Å². The molecule has 0 saturated heterocycles. The van der Waals surface area contributed by atoms with Gasteiger partial charge >= 0.3 is 0 Å². The van der Waals surface area contributed by atoms with E-state index in [1.54, 1.807) is 0 Å². The van der Waals surface area contributed by atoms with Crippen molar-refractivity contribution in [3.63, 3.8) is 0 Å². The van der Waals surface area contributed by atoms with Gasteiger partial charge < -0.3 is 5.73 Å². The van der Waals surface area contributed by atoms with Crippen LogP contribution in [0.3, 0.4) is 0 Å². The van der Waals surface area contributed by atoms with Crippen molar-refractivity contribution >= 4 is 0 Å². The topological polar surface area (TPSA) is 26.0 Å². The third kappa shape index (κ3) is 0.672. The van der Waals surface area contributed by atoms with Gasteiger partial charge in [-0.2, -0.15) is 0 Å². The van der Waals surface area contributed by atoms with E-state index < -0.39 is 0 Å². The minimum atomic E-state index is 0.525. The molecule has 2 atom stereocenters. The zero-order chi connectivity index (χ0) is 7.35. The van der Waals surface area contributed by atoms with Crippen molar-refractivity contribution in [2.24, 2.45) is 23.0 Å². The highest BCUT2D eigenvalue weighted by atomic mass is 14.7. The van der Waals surface area contributed by atoms with Crippen LogP contribution in [-0.2, 0) is 0 Å². The Balaban J connectivity index is 2.10. The highest BCUT2D eigenvalue weighted by molar-refractivity contribution is 5.03. The summed E-state index contributed by atoms with van der Waals surface area (Å²) in [4.78, 5) is 0. The molecule has 3 aliphatic carbocycles. The van der Waals surface area contributed by atoms with Gasteiger partial charge in [0.15, 0.2) is 0 Å². The molecule has 0 amide bonds. The van der Waals surface area contributed by atoms with E-state index in [1.807, 2.05) is 0 Å². The normalized spacial score (nSPS) is 50.1. The molecule has 0 heterocycles. The predicted octanol–water partition coefficient (Wildman–Crippen LogP) is 1.77. The summed E-state index contributed by atoms with van der Waals surface area (Å²) in [6.07, 6.45) is 4.02. The molecule has 3 saturated carbocycles. The monoisotopic (exact) mass is 139 g/mol. The smallest absolute Gasteiger partial charge is 0.00445 e. The number of rotatable bonds is 0. The summed E-state index contributed by atoms with van der Waals surface area (Å²) in [7, 11) is 0. The first-order valence-electron chi connectivity index (χ1n) is 4.36. The molecule has 2 N–H and O–H groups in total. The number of hydrogen-bond acceptors (Lipinski definition) is 1. The summed E-state index contributed by atoms with van der Waals surface area (Å²) < 4.78 is 0. The van der Waals surface area contributed by atoms with Crippen molar-refractivity contribution < 1.29 is 0 Å². The van der Waals surface area contributed by atoms with E-state index in [-0.39, 0.29) is 0 Å². The number of nitrogens with two attached hydrogens (primary N) is 1. The second kappa shape index (κ2) is 1.76. The average Bonchev–Trinajstić information content (AvgIpc) is 1.87. The van der Waals surface area contributed by atoms with Crippen molar-refractivity contribution in [2.75, 3.05) is 0 Å². The van der Waals surface area contributed by atoms with E-state index in [9.17, 15) is 0 Å². The van der Waals surface area contributed by atoms with Gasteiger partial charge in [0.2, 0.25) is 0 Å². The lowest BCUT2D eigenvalue weighted by atomic mass is 9.48. The molecule has 0 radical (unpaired) electrons. The molecule has 10 heavy (non-hydrogen) atoms. The number of fused-ring (bicyclic) bond motifs is 2. The summed E-state index contributed by atoms with van der Waals surface area (Å²) in [6.45, 7) is 4.80. The Bertz CT molecular complexity index is 137. The summed E-state index contributed by atoms with van der Waals surface area (Å²) in [5.74, 6) is 1.89. The van der Waals surface area contributed by atoms with E-state index in [0.29, 0.717) is 11.5 Å². The quantitative estimate of drug-likeness (QED) is 0.544. The Morgan fingerprint density at radius 1 is 1.10 bits per heavy atom. The maximum atomic E-state index is 5.88. The molecule has 0 spiro atoms. The molecule has 2 bridgehead atoms. The van der Waals surface area contributed by atoms with Crippen molar-refractivity contribution in [1.82, 2.24) is 0 Å². The molecular weight excluding hydrogens is 122 g/mol. The molecule has 0 aliphatic heterocycles. The fraction of sp³-hybridized carbons (Fsp3) is 1.00. The molecule has 3 aliphatic rings. The Labute approximate surface area is 63.0 Å². The van der Waals surface area contributed by atoms with Crippen molar-refractivity contribution in [3.05, 3.63) is 0 Å². The molecule has 0 aromatic heterocycles. The molecule has 0 aromatic rings. The van der Waals surface area contributed by atoms with Gasteiger partial charge in [-0.15, -0.1) is 0 Å². The number of hydrogen-bond donors (Lipinski definition) is 1. The lowest BCUT2D eigenvalue weighted by Gasteiger charge is -2.58. The fourth-order valence-corrected chi connectivity index (χ4v) is 2.75. The molecule has 1 nitrogen and oxygen atoms in total. The average molecular weight is 139 g/mol. The van der Waals surface area contributed by atoms with Gasteiger partial charge in [-0.1, -0.05) is 13.8 Å². The van der Waals surface area contributed by atoms with Gasteiger partial charge in [0.05, 0.1) is 0 Å². The standard InChI is InChI=1S/C9H17N/c1-9(2)6-3-7(9)5-8(10)4-6/h6-8H,3-5,10H2,1-2H3. The summed E-state index contributed by atoms with van der Waals surface area (Å²) >= 11 is 0. The van der Waals surface area contributed by atoms with Gasteiger partial charge in [-0.3, -0.25) is 0 Å². The first-order chi connectivity index (χ1) is 4.60. The Kier molecular flexibility index (Phi) is 1.17. The molecule has 1 heteroatoms. The molecule has 0 aromatic carbocycles. The Morgan fingerprint density at radius 3 is 1.90 bits per heavy atom. The summed E-state index contributed by atoms with van der Waals surface area (Å²) in [5.41, 5.74) is 6.51. The van der Waals surface area contributed by atoms with E-state index in [2.05, 4.69) is 13.8 Å². The highest BCUT2D eigenvalue weighted by Gasteiger charge is 2.51. The predicted molar refractivity (Wildman–Crippen MR) is 42.6 cm³/mol. The van der Waals surface area contributed by atoms with Gasteiger partial charge in [-0.05, 0) is 36.5 Å². The lowest BCUT2D eigenvalue weighted by Crippen LogP contribution is -2.54. The third-order valence-corrected chi connectivity index (χ3v) is 3.85. The minimum Gasteiger partial charge on any atom is -0.328 e. The van der Waals surface area contributed by atoms with E-state index in [1.165, 1.54) is 19.3 Å². The zero-order valence-electron chi connectivity index (χ0n) is 6.93. The SMILES string of the molecule is CC1(C)C2CC(N)CC1C2. The van der Waals surface area contributed by atoms with E-state index in [4.69, 9.17) is 5.73 Å². The van der Waals surface area contributed by atoms with Crippen LogP contribution in [0.2, 0.25) is 0 Å². The second-order valence-electron chi connectivity index (χ2n) is 4.68. The van der Waals surface area contributed by atoms with Crippen LogP contribution in [0, 0.1) is 17.3 Å². The summed E-state index contributed by atoms with van der Waals surface area (Å²) in [5, 5.41) is 0. The Hall–Kier alpha value is -0.0400. The van der Waals surface area contributed by atoms with Crippen LogP contribution in [0.25, 0.3) is 0 Å². The van der Waals surface area contributed by atoms with E-state index in [0.717, 1.165) is 11.8 Å². The van der Waals surface area contributed by atoms with Crippen LogP contribution in [0.1, 0.15) is 33.1 Å². The van der Waals surface area contributed by atoms with Gasteiger partial charge in [-0.25, -0.2) is 0 Å². The Morgan fingerprint density at radius 2 is 1.60 bits per heavy atom. The zero-order valence-corrected chi connectivity index (χ0v) is 6.93. The molecular formula is C9H17N. The second-order valence-corrected chi connectivity index (χ2v) is 4.68. The van der Waals surface area contributed by atoms with Crippen LogP contribution in [0.4, 0.5) is 0 Å². The maximum Gasteiger partial charge on any atom is 0.00445 e. The molecule has 58 valence electrons. The first kappa shape index (κ1) is 6.66. The van der Waals surface area contributed by atoms with Crippen LogP contribution < -0.4 is 5.73 Å². The molecule has 3 fully saturated rings. The van der Waals surface area contributed by atoms with Gasteiger partial charge in [0, 0.05) is 6.04 Å². The van der Waals surface area contributed by atoms with Crippen molar-refractivity contribution in [2.45, 2.75) is 39.2 Å². The minimum absolute atomic E-state index is 0.525. The highest BCUT2D eigenvalue weighted by Crippen LogP contribution is 2.58. The van der Waals surface area contributed by atoms with Crippen LogP contribution in [-0.4, -0.2) is 6.04 Å². The molecule has 2 unspecified atom stereocenters. The van der Waals surface area contributed by atoms with Crippen LogP contribution in [0.5, 0.6) is 0 Å². The first-order valence-corrected chi connectivity index (χ1v) is 4.36. The fourth-order valence-electron chi connectivity index (χ4n) is 2.75. The molecule has 3 rings (SSSR count). The lowest BCUT2D eigenvalue weighted by molar-refractivity contribution is -0.0727. The van der Waals surface area contributed by atoms with Crippen molar-refractivity contribution in [1.29, 1.82) is 0 Å². The third-order valence-electron chi connectivity index (χ3n) is 3.85. The summed E-state index contributed by atoms with van der Waals surface area (Å²) in [6, 6.07) is 0.525. The van der Waals surface area contributed by atoms with Crippen molar-refractivity contribution in [3.8, 4) is 0 Å². The largest absolute Gasteiger partial charge is 0.328 e. The van der Waals surface area contributed by atoms with E-state index >= 15 is 0 Å².